The number of hydrogen-bond acceptors (Lipinski definition) is 10. The van der Waals surface area contributed by atoms with Crippen LogP contribution in [-0.2, 0) is 22.6 Å². The summed E-state index contributed by atoms with van der Waals surface area (Å²) < 4.78 is 20.0. The van der Waals surface area contributed by atoms with Crippen molar-refractivity contribution in [2.24, 2.45) is 11.8 Å². The Bertz CT molecular complexity index is 1410. The lowest BCUT2D eigenvalue weighted by molar-refractivity contribution is 0.0151. The topological polar surface area (TPSA) is 140 Å². The van der Waals surface area contributed by atoms with Crippen LogP contribution in [0.4, 0.5) is 0 Å². The number of H-pyrrole nitrogens is 1. The smallest absolute Gasteiger partial charge is 0.240 e. The standard InChI is InChI=1S/C29H44N8O4/c1-9-40-28-21-10-11-23-22-14-24(31-18(3)27(22)33-32-23)26(17(2)16-39-8)29(36(7)30)41-20(5)19(4)35(6)15-25(21)37(34-28)12-13-38/h10-11,14,17,19-20,38H,9,12-13,15-16,30H2,1-8H3,(H,32,33)/b11-10+,29-26-/t17?,19-,20+/m1/s1. The van der Waals surface area contributed by atoms with Crippen LogP contribution in [0.1, 0.15) is 56.0 Å². The van der Waals surface area contributed by atoms with Crippen LogP contribution < -0.4 is 10.6 Å². The molecule has 1 aliphatic rings. The number of aromatic amines is 1. The van der Waals surface area contributed by atoms with Gasteiger partial charge in [0.25, 0.3) is 0 Å². The summed E-state index contributed by atoms with van der Waals surface area (Å²) in [6.45, 7) is 11.9. The van der Waals surface area contributed by atoms with Crippen molar-refractivity contribution < 1.29 is 19.3 Å². The first-order chi connectivity index (χ1) is 19.6. The maximum Gasteiger partial charge on any atom is 0.240 e. The summed E-state index contributed by atoms with van der Waals surface area (Å²) in [7, 11) is 5.50. The summed E-state index contributed by atoms with van der Waals surface area (Å²) in [6.07, 6.45) is 3.75. The molecule has 0 aliphatic carbocycles. The van der Waals surface area contributed by atoms with Crippen molar-refractivity contribution in [1.29, 1.82) is 0 Å². The number of ether oxygens (including phenoxy) is 3. The van der Waals surface area contributed by atoms with Crippen LogP contribution in [0, 0.1) is 12.8 Å². The average molecular weight is 569 g/mol. The Labute approximate surface area is 241 Å². The van der Waals surface area contributed by atoms with E-state index in [1.54, 1.807) is 14.2 Å². The molecule has 1 aliphatic heterocycles. The third-order valence-corrected chi connectivity index (χ3v) is 7.63. The van der Waals surface area contributed by atoms with Crippen LogP contribution >= 0.6 is 0 Å². The molecule has 0 radical (unpaired) electrons. The molecule has 0 saturated carbocycles. The number of aryl methyl sites for hydroxylation is 1. The molecule has 4 N–H and O–H groups in total. The highest BCUT2D eigenvalue weighted by molar-refractivity contribution is 5.92. The number of pyridine rings is 1. The van der Waals surface area contributed by atoms with Crippen LogP contribution in [0.25, 0.3) is 28.6 Å². The van der Waals surface area contributed by atoms with Crippen LogP contribution in [0.2, 0.25) is 0 Å². The van der Waals surface area contributed by atoms with Gasteiger partial charge in [0, 0.05) is 43.6 Å². The van der Waals surface area contributed by atoms with E-state index in [0.717, 1.165) is 44.8 Å². The molecule has 12 nitrogen and oxygen atoms in total. The molecule has 0 aromatic carbocycles. The largest absolute Gasteiger partial charge is 0.476 e. The Morgan fingerprint density at radius 2 is 2.07 bits per heavy atom. The van der Waals surface area contributed by atoms with E-state index < -0.39 is 0 Å². The summed E-state index contributed by atoms with van der Waals surface area (Å²) in [4.78, 5) is 7.15. The number of hydrazine groups is 1. The summed E-state index contributed by atoms with van der Waals surface area (Å²) in [5.74, 6) is 7.42. The van der Waals surface area contributed by atoms with Crippen molar-refractivity contribution in [3.8, 4) is 5.88 Å². The van der Waals surface area contributed by atoms with Crippen molar-refractivity contribution in [2.45, 2.75) is 59.9 Å². The first kappa shape index (κ1) is 30.5. The van der Waals surface area contributed by atoms with Crippen molar-refractivity contribution in [2.75, 3.05) is 41.0 Å². The van der Waals surface area contributed by atoms with Crippen LogP contribution in [0.15, 0.2) is 11.9 Å². The fourth-order valence-corrected chi connectivity index (χ4v) is 5.22. The number of aliphatic hydroxyl groups excluding tert-OH is 1. The van der Waals surface area contributed by atoms with Crippen LogP contribution in [-0.4, -0.2) is 93.1 Å². The molecular weight excluding hydrogens is 524 g/mol. The number of aliphatic hydroxyl groups is 1. The zero-order chi connectivity index (χ0) is 29.8. The minimum Gasteiger partial charge on any atom is -0.476 e. The Kier molecular flexibility index (Phi) is 9.69. The molecule has 0 amide bonds. The van der Waals surface area contributed by atoms with Gasteiger partial charge in [-0.05, 0) is 53.0 Å². The fraction of sp³-hybridized carbons (Fsp3) is 0.552. The highest BCUT2D eigenvalue weighted by Gasteiger charge is 2.29. The van der Waals surface area contributed by atoms with E-state index in [1.807, 2.05) is 50.7 Å². The lowest BCUT2D eigenvalue weighted by Gasteiger charge is -2.33. The van der Waals surface area contributed by atoms with Gasteiger partial charge < -0.3 is 19.3 Å². The van der Waals surface area contributed by atoms with Crippen LogP contribution in [0.3, 0.4) is 0 Å². The van der Waals surface area contributed by atoms with E-state index in [2.05, 4.69) is 28.9 Å². The van der Waals surface area contributed by atoms with Gasteiger partial charge in [0.2, 0.25) is 11.8 Å². The van der Waals surface area contributed by atoms with Crippen molar-refractivity contribution in [3.63, 3.8) is 0 Å². The first-order valence-corrected chi connectivity index (χ1v) is 14.1. The van der Waals surface area contributed by atoms with Gasteiger partial charge in [0.1, 0.15) is 11.6 Å². The number of methoxy groups -OCH3 is 1. The monoisotopic (exact) mass is 568 g/mol. The number of aromatic nitrogens is 5. The Morgan fingerprint density at radius 1 is 1.32 bits per heavy atom. The number of fused-ring (bicyclic) bond motifs is 2. The summed E-state index contributed by atoms with van der Waals surface area (Å²) in [5.41, 5.74) is 5.77. The molecule has 4 rings (SSSR count). The highest BCUT2D eigenvalue weighted by Crippen LogP contribution is 2.34. The molecule has 0 saturated heterocycles. The molecule has 0 fully saturated rings. The molecule has 1 unspecified atom stereocenters. The van der Waals surface area contributed by atoms with E-state index in [-0.39, 0.29) is 24.7 Å². The van der Waals surface area contributed by atoms with Gasteiger partial charge in [0.15, 0.2) is 0 Å². The maximum absolute atomic E-state index is 9.79. The Hall–Kier alpha value is -3.45. The minimum absolute atomic E-state index is 0.0204. The number of nitrogens with zero attached hydrogens (tertiary/aromatic N) is 6. The molecule has 4 heterocycles. The molecule has 41 heavy (non-hydrogen) atoms. The van der Waals surface area contributed by atoms with E-state index in [9.17, 15) is 5.11 Å². The van der Waals surface area contributed by atoms with Crippen molar-refractivity contribution in [3.05, 3.63) is 40.3 Å². The van der Waals surface area contributed by atoms with Gasteiger partial charge in [-0.1, -0.05) is 6.92 Å². The number of rotatable bonds is 8. The lowest BCUT2D eigenvalue weighted by Crippen LogP contribution is -2.41. The lowest BCUT2D eigenvalue weighted by atomic mass is 9.96. The van der Waals surface area contributed by atoms with Gasteiger partial charge >= 0.3 is 0 Å². The fourth-order valence-electron chi connectivity index (χ4n) is 5.22. The Morgan fingerprint density at radius 3 is 2.73 bits per heavy atom. The zero-order valence-corrected chi connectivity index (χ0v) is 25.4. The number of likely N-dealkylation sites (N-methyl/N-ethyl adjacent to an activating group) is 1. The first-order valence-electron chi connectivity index (χ1n) is 14.1. The molecule has 3 aromatic rings. The summed E-state index contributed by atoms with van der Waals surface area (Å²) in [5, 5.41) is 24.7. The van der Waals surface area contributed by atoms with Crippen molar-refractivity contribution in [1.82, 2.24) is 34.9 Å². The van der Waals surface area contributed by atoms with Gasteiger partial charge in [-0.2, -0.15) is 5.10 Å². The number of nitrogens with two attached hydrogens (primary N) is 1. The van der Waals surface area contributed by atoms with Crippen LogP contribution in [0.5, 0.6) is 5.88 Å². The second-order valence-corrected chi connectivity index (χ2v) is 10.7. The molecule has 3 aromatic heterocycles. The van der Waals surface area contributed by atoms with Gasteiger partial charge in [0.05, 0.1) is 54.7 Å². The maximum atomic E-state index is 9.79. The normalized spacial score (nSPS) is 21.7. The van der Waals surface area contributed by atoms with E-state index in [1.165, 1.54) is 5.01 Å². The molecule has 12 heteroatoms. The average Bonchev–Trinajstić information content (AvgIpc) is 3.47. The Balaban J connectivity index is 2.01. The predicted octanol–water partition coefficient (Wildman–Crippen LogP) is 3.02. The van der Waals surface area contributed by atoms with E-state index in [0.29, 0.717) is 38.1 Å². The highest BCUT2D eigenvalue weighted by atomic mass is 16.5. The molecule has 3 atom stereocenters. The molecule has 2 bridgehead atoms. The van der Waals surface area contributed by atoms with Gasteiger partial charge in [-0.3, -0.25) is 24.7 Å². The van der Waals surface area contributed by atoms with E-state index in [4.69, 9.17) is 30.1 Å². The third kappa shape index (κ3) is 6.25. The van der Waals surface area contributed by atoms with Gasteiger partial charge in [-0.15, -0.1) is 5.10 Å². The second-order valence-electron chi connectivity index (χ2n) is 10.7. The quantitative estimate of drug-likeness (QED) is 0.274. The van der Waals surface area contributed by atoms with E-state index >= 15 is 0 Å². The zero-order valence-electron chi connectivity index (χ0n) is 25.4. The minimum atomic E-state index is -0.246. The van der Waals surface area contributed by atoms with Gasteiger partial charge in [-0.25, -0.2) is 5.84 Å². The predicted molar refractivity (Wildman–Crippen MR) is 159 cm³/mol. The van der Waals surface area contributed by atoms with Crippen molar-refractivity contribution >= 4 is 28.6 Å². The summed E-state index contributed by atoms with van der Waals surface area (Å²) in [6, 6.07) is 2.01. The molecular formula is C29H44N8O4. The molecule has 0 spiro atoms. The SMILES string of the molecule is CCOc1nn(CCO)c2c1/C=C/c1[nH]nc3c(C)nc(cc13)/C(C(C)COC)=C(/N(C)N)O[C@@H](C)[C@@H](C)N(C)C2. The molecule has 224 valence electrons. The second kappa shape index (κ2) is 13.0. The summed E-state index contributed by atoms with van der Waals surface area (Å²) >= 11 is 0. The number of nitrogens with one attached hydrogen (secondary N) is 1. The number of hydrogen-bond donors (Lipinski definition) is 3. The third-order valence-electron chi connectivity index (χ3n) is 7.63.